The van der Waals surface area contributed by atoms with Gasteiger partial charge in [-0.2, -0.15) is 0 Å². The van der Waals surface area contributed by atoms with Gasteiger partial charge in [-0.1, -0.05) is 25.5 Å². The standard InChI is InChI=1S/C15H21NO2/c1-3-14(16-15(17)12-5-4-6-12)11-7-9-13(18-2)10-8-11/h7-10,12,14H,3-6H2,1-2H3,(H,16,17). The maximum atomic E-state index is 12.0. The van der Waals surface area contributed by atoms with Crippen LogP contribution in [0.25, 0.3) is 0 Å². The predicted octanol–water partition coefficient (Wildman–Crippen LogP) is 3.06. The van der Waals surface area contributed by atoms with Crippen LogP contribution in [0.3, 0.4) is 0 Å². The topological polar surface area (TPSA) is 38.3 Å². The van der Waals surface area contributed by atoms with Crippen LogP contribution in [0.15, 0.2) is 24.3 Å². The number of carbonyl (C=O) groups is 1. The first kappa shape index (κ1) is 12.9. The first-order valence-electron chi connectivity index (χ1n) is 6.69. The Kier molecular flexibility index (Phi) is 4.24. The van der Waals surface area contributed by atoms with Crippen LogP contribution in [-0.2, 0) is 4.79 Å². The molecule has 1 saturated carbocycles. The molecule has 1 aliphatic carbocycles. The molecule has 1 N–H and O–H groups in total. The molecule has 1 fully saturated rings. The number of hydrogen-bond donors (Lipinski definition) is 1. The highest BCUT2D eigenvalue weighted by Crippen LogP contribution is 2.28. The molecule has 0 radical (unpaired) electrons. The molecule has 1 amide bonds. The average molecular weight is 247 g/mol. The minimum Gasteiger partial charge on any atom is -0.497 e. The lowest BCUT2D eigenvalue weighted by atomic mass is 9.84. The zero-order chi connectivity index (χ0) is 13.0. The summed E-state index contributed by atoms with van der Waals surface area (Å²) in [5.41, 5.74) is 1.14. The molecule has 0 saturated heterocycles. The second kappa shape index (κ2) is 5.89. The molecule has 18 heavy (non-hydrogen) atoms. The predicted molar refractivity (Wildman–Crippen MR) is 71.5 cm³/mol. The fourth-order valence-corrected chi connectivity index (χ4v) is 2.22. The number of carbonyl (C=O) groups excluding carboxylic acids is 1. The Morgan fingerprint density at radius 1 is 1.39 bits per heavy atom. The summed E-state index contributed by atoms with van der Waals surface area (Å²) in [4.78, 5) is 12.0. The second-order valence-electron chi connectivity index (χ2n) is 4.87. The van der Waals surface area contributed by atoms with Gasteiger partial charge in [-0.15, -0.1) is 0 Å². The van der Waals surface area contributed by atoms with E-state index in [1.165, 1.54) is 6.42 Å². The Hall–Kier alpha value is -1.51. The number of ether oxygens (including phenoxy) is 1. The van der Waals surface area contributed by atoms with Crippen molar-refractivity contribution in [2.75, 3.05) is 7.11 Å². The number of benzene rings is 1. The molecule has 3 nitrogen and oxygen atoms in total. The number of nitrogens with one attached hydrogen (secondary N) is 1. The third kappa shape index (κ3) is 2.84. The molecule has 1 aromatic rings. The van der Waals surface area contributed by atoms with Crippen molar-refractivity contribution in [3.8, 4) is 5.75 Å². The van der Waals surface area contributed by atoms with Gasteiger partial charge in [0.15, 0.2) is 0 Å². The smallest absolute Gasteiger partial charge is 0.223 e. The molecule has 1 unspecified atom stereocenters. The summed E-state index contributed by atoms with van der Waals surface area (Å²) in [7, 11) is 1.66. The van der Waals surface area contributed by atoms with Gasteiger partial charge in [-0.25, -0.2) is 0 Å². The van der Waals surface area contributed by atoms with E-state index >= 15 is 0 Å². The fourth-order valence-electron chi connectivity index (χ4n) is 2.22. The minimum absolute atomic E-state index is 0.115. The van der Waals surface area contributed by atoms with Gasteiger partial charge >= 0.3 is 0 Å². The number of methoxy groups -OCH3 is 1. The van der Waals surface area contributed by atoms with Gasteiger partial charge in [0.1, 0.15) is 5.75 Å². The van der Waals surface area contributed by atoms with E-state index in [-0.39, 0.29) is 17.9 Å². The molecule has 1 aliphatic rings. The summed E-state index contributed by atoms with van der Waals surface area (Å²) in [6.07, 6.45) is 4.19. The zero-order valence-corrected chi connectivity index (χ0v) is 11.1. The molecule has 0 bridgehead atoms. The highest BCUT2D eigenvalue weighted by molar-refractivity contribution is 5.79. The Labute approximate surface area is 109 Å². The van der Waals surface area contributed by atoms with Gasteiger partial charge in [-0.05, 0) is 37.0 Å². The van der Waals surface area contributed by atoms with Crippen molar-refractivity contribution >= 4 is 5.91 Å². The fraction of sp³-hybridized carbons (Fsp3) is 0.533. The molecule has 1 aromatic carbocycles. The van der Waals surface area contributed by atoms with Crippen LogP contribution in [-0.4, -0.2) is 13.0 Å². The van der Waals surface area contributed by atoms with E-state index in [1.54, 1.807) is 7.11 Å². The van der Waals surface area contributed by atoms with Gasteiger partial charge in [0.2, 0.25) is 5.91 Å². The normalized spacial score (nSPS) is 16.8. The molecule has 98 valence electrons. The highest BCUT2D eigenvalue weighted by Gasteiger charge is 2.26. The van der Waals surface area contributed by atoms with Crippen molar-refractivity contribution in [3.63, 3.8) is 0 Å². The Morgan fingerprint density at radius 2 is 2.06 bits per heavy atom. The Morgan fingerprint density at radius 3 is 2.50 bits per heavy atom. The van der Waals surface area contributed by atoms with Crippen molar-refractivity contribution in [2.45, 2.75) is 38.6 Å². The maximum Gasteiger partial charge on any atom is 0.223 e. The van der Waals surface area contributed by atoms with Crippen LogP contribution in [0.2, 0.25) is 0 Å². The van der Waals surface area contributed by atoms with E-state index in [1.807, 2.05) is 24.3 Å². The molecular weight excluding hydrogens is 226 g/mol. The van der Waals surface area contributed by atoms with Gasteiger partial charge in [0.05, 0.1) is 13.2 Å². The Balaban J connectivity index is 2.00. The summed E-state index contributed by atoms with van der Waals surface area (Å²) >= 11 is 0. The minimum atomic E-state index is 0.115. The molecule has 3 heteroatoms. The van der Waals surface area contributed by atoms with Crippen LogP contribution in [0.5, 0.6) is 5.75 Å². The van der Waals surface area contributed by atoms with E-state index in [0.717, 1.165) is 30.6 Å². The lowest BCUT2D eigenvalue weighted by molar-refractivity contribution is -0.128. The van der Waals surface area contributed by atoms with Gasteiger partial charge < -0.3 is 10.1 Å². The first-order valence-corrected chi connectivity index (χ1v) is 6.69. The molecule has 2 rings (SSSR count). The van der Waals surface area contributed by atoms with Crippen LogP contribution < -0.4 is 10.1 Å². The van der Waals surface area contributed by atoms with E-state index < -0.39 is 0 Å². The summed E-state index contributed by atoms with van der Waals surface area (Å²) in [6, 6.07) is 8.03. The summed E-state index contributed by atoms with van der Waals surface area (Å²) < 4.78 is 5.14. The summed E-state index contributed by atoms with van der Waals surface area (Å²) in [5.74, 6) is 1.31. The SMILES string of the molecule is CCC(NC(=O)C1CCC1)c1ccc(OC)cc1. The number of rotatable bonds is 5. The van der Waals surface area contributed by atoms with E-state index in [0.29, 0.717) is 0 Å². The van der Waals surface area contributed by atoms with Crippen molar-refractivity contribution < 1.29 is 9.53 Å². The second-order valence-corrected chi connectivity index (χ2v) is 4.87. The first-order chi connectivity index (χ1) is 8.74. The van der Waals surface area contributed by atoms with E-state index in [9.17, 15) is 4.79 Å². The van der Waals surface area contributed by atoms with Crippen LogP contribution >= 0.6 is 0 Å². The third-order valence-electron chi connectivity index (χ3n) is 3.72. The van der Waals surface area contributed by atoms with E-state index in [2.05, 4.69) is 12.2 Å². The van der Waals surface area contributed by atoms with Gasteiger partial charge in [-0.3, -0.25) is 4.79 Å². The molecular formula is C15H21NO2. The summed E-state index contributed by atoms with van der Waals surface area (Å²) in [5, 5.41) is 3.14. The average Bonchev–Trinajstić information content (AvgIpc) is 2.34. The van der Waals surface area contributed by atoms with Crippen LogP contribution in [0.4, 0.5) is 0 Å². The third-order valence-corrected chi connectivity index (χ3v) is 3.72. The zero-order valence-electron chi connectivity index (χ0n) is 11.1. The summed E-state index contributed by atoms with van der Waals surface area (Å²) in [6.45, 7) is 2.09. The molecule has 0 aromatic heterocycles. The monoisotopic (exact) mass is 247 g/mol. The lowest BCUT2D eigenvalue weighted by Gasteiger charge is -2.27. The quantitative estimate of drug-likeness (QED) is 0.868. The van der Waals surface area contributed by atoms with Crippen LogP contribution in [0.1, 0.15) is 44.2 Å². The lowest BCUT2D eigenvalue weighted by Crippen LogP contribution is -2.36. The van der Waals surface area contributed by atoms with Gasteiger partial charge in [0, 0.05) is 5.92 Å². The van der Waals surface area contributed by atoms with Crippen molar-refractivity contribution in [1.82, 2.24) is 5.32 Å². The Bertz CT molecular complexity index is 395. The van der Waals surface area contributed by atoms with Gasteiger partial charge in [0.25, 0.3) is 0 Å². The largest absolute Gasteiger partial charge is 0.497 e. The molecule has 1 atom stereocenters. The maximum absolute atomic E-state index is 12.0. The molecule has 0 spiro atoms. The molecule has 0 heterocycles. The van der Waals surface area contributed by atoms with Crippen LogP contribution in [0, 0.1) is 5.92 Å². The number of amides is 1. The van der Waals surface area contributed by atoms with Crippen molar-refractivity contribution in [2.24, 2.45) is 5.92 Å². The molecule has 0 aliphatic heterocycles. The van der Waals surface area contributed by atoms with Crippen molar-refractivity contribution in [3.05, 3.63) is 29.8 Å². The van der Waals surface area contributed by atoms with Crippen molar-refractivity contribution in [1.29, 1.82) is 0 Å². The van der Waals surface area contributed by atoms with E-state index in [4.69, 9.17) is 4.74 Å². The highest BCUT2D eigenvalue weighted by atomic mass is 16.5. The number of hydrogen-bond acceptors (Lipinski definition) is 2.